The molecule has 0 unspecified atom stereocenters. The molecule has 1 N–H and O–H groups in total. The molecule has 2 aromatic rings. The highest BCUT2D eigenvalue weighted by molar-refractivity contribution is 9.10. The SMILES string of the molecule is Cc1nsc(Nc2cc(C(F)(F)F)ccc2Br)c1C#N. The normalized spacial score (nSPS) is 11.2. The van der Waals surface area contributed by atoms with Gasteiger partial charge in [-0.1, -0.05) is 0 Å². The van der Waals surface area contributed by atoms with Crippen molar-refractivity contribution in [2.24, 2.45) is 0 Å². The van der Waals surface area contributed by atoms with Gasteiger partial charge in [0.1, 0.15) is 16.6 Å². The van der Waals surface area contributed by atoms with Gasteiger partial charge in [0.15, 0.2) is 0 Å². The number of aromatic nitrogens is 1. The summed E-state index contributed by atoms with van der Waals surface area (Å²) in [6, 6.07) is 5.26. The van der Waals surface area contributed by atoms with Crippen LogP contribution in [0.25, 0.3) is 0 Å². The number of halogens is 4. The van der Waals surface area contributed by atoms with Crippen LogP contribution in [-0.2, 0) is 6.18 Å². The molecule has 0 saturated heterocycles. The minimum absolute atomic E-state index is 0.236. The van der Waals surface area contributed by atoms with Gasteiger partial charge in [0.05, 0.1) is 16.9 Å². The average molecular weight is 362 g/mol. The van der Waals surface area contributed by atoms with Crippen LogP contribution in [0.15, 0.2) is 22.7 Å². The number of alkyl halides is 3. The first kappa shape index (κ1) is 14.8. The van der Waals surface area contributed by atoms with Crippen LogP contribution in [0.5, 0.6) is 0 Å². The van der Waals surface area contributed by atoms with Crippen molar-refractivity contribution < 1.29 is 13.2 Å². The Labute approximate surface area is 125 Å². The van der Waals surface area contributed by atoms with Gasteiger partial charge in [0.25, 0.3) is 0 Å². The molecule has 104 valence electrons. The summed E-state index contributed by atoms with van der Waals surface area (Å²) in [5.41, 5.74) is 0.352. The molecule has 2 rings (SSSR count). The highest BCUT2D eigenvalue weighted by atomic mass is 79.9. The fraction of sp³-hybridized carbons (Fsp3) is 0.167. The second-order valence-electron chi connectivity index (χ2n) is 3.90. The van der Waals surface area contributed by atoms with Crippen LogP contribution in [0.4, 0.5) is 23.9 Å². The monoisotopic (exact) mass is 361 g/mol. The quantitative estimate of drug-likeness (QED) is 0.831. The Morgan fingerprint density at radius 1 is 1.40 bits per heavy atom. The maximum Gasteiger partial charge on any atom is 0.416 e. The van der Waals surface area contributed by atoms with E-state index in [2.05, 4.69) is 25.6 Å². The molecule has 3 nitrogen and oxygen atoms in total. The fourth-order valence-corrected chi connectivity index (χ4v) is 2.61. The second kappa shape index (κ2) is 5.42. The lowest BCUT2D eigenvalue weighted by atomic mass is 10.2. The number of anilines is 2. The number of nitrogens with one attached hydrogen (secondary N) is 1. The van der Waals surface area contributed by atoms with Crippen LogP contribution in [0, 0.1) is 18.3 Å². The molecule has 1 heterocycles. The molecule has 0 aliphatic heterocycles. The zero-order valence-electron chi connectivity index (χ0n) is 10.0. The first-order valence-electron chi connectivity index (χ1n) is 5.33. The van der Waals surface area contributed by atoms with E-state index >= 15 is 0 Å². The number of aryl methyl sites for hydroxylation is 1. The molecule has 0 atom stereocenters. The van der Waals surface area contributed by atoms with E-state index < -0.39 is 11.7 Å². The van der Waals surface area contributed by atoms with Crippen LogP contribution >= 0.6 is 27.5 Å². The summed E-state index contributed by atoms with van der Waals surface area (Å²) in [7, 11) is 0. The summed E-state index contributed by atoms with van der Waals surface area (Å²) in [6.45, 7) is 1.67. The van der Waals surface area contributed by atoms with Crippen molar-refractivity contribution in [3.8, 4) is 6.07 Å². The molecule has 8 heteroatoms. The third-order valence-corrected chi connectivity index (χ3v) is 4.06. The second-order valence-corrected chi connectivity index (χ2v) is 5.53. The number of hydrogen-bond acceptors (Lipinski definition) is 4. The predicted octanol–water partition coefficient (Wildman–Crippen LogP) is 4.85. The van der Waals surface area contributed by atoms with E-state index in [-0.39, 0.29) is 5.69 Å². The first-order chi connectivity index (χ1) is 9.32. The third-order valence-electron chi connectivity index (χ3n) is 2.52. The number of nitrogens with zero attached hydrogens (tertiary/aromatic N) is 2. The van der Waals surface area contributed by atoms with E-state index in [9.17, 15) is 13.2 Å². The molecule has 20 heavy (non-hydrogen) atoms. The smallest absolute Gasteiger partial charge is 0.344 e. The Bertz CT molecular complexity index is 688. The van der Waals surface area contributed by atoms with Gasteiger partial charge in [-0.2, -0.15) is 22.8 Å². The largest absolute Gasteiger partial charge is 0.416 e. The van der Waals surface area contributed by atoms with Gasteiger partial charge < -0.3 is 5.32 Å². The molecule has 0 fully saturated rings. The summed E-state index contributed by atoms with van der Waals surface area (Å²) >= 11 is 4.21. The highest BCUT2D eigenvalue weighted by Crippen LogP contribution is 2.36. The number of hydrogen-bond donors (Lipinski definition) is 1. The van der Waals surface area contributed by atoms with Gasteiger partial charge in [0, 0.05) is 4.47 Å². The van der Waals surface area contributed by atoms with Gasteiger partial charge in [-0.05, 0) is 52.6 Å². The molecule has 0 aliphatic carbocycles. The van der Waals surface area contributed by atoms with Crippen molar-refractivity contribution in [2.75, 3.05) is 5.32 Å². The highest BCUT2D eigenvalue weighted by Gasteiger charge is 2.31. The van der Waals surface area contributed by atoms with E-state index in [1.165, 1.54) is 6.07 Å². The number of nitriles is 1. The van der Waals surface area contributed by atoms with Gasteiger partial charge in [-0.15, -0.1) is 0 Å². The average Bonchev–Trinajstić information content (AvgIpc) is 2.71. The van der Waals surface area contributed by atoms with Crippen LogP contribution < -0.4 is 5.32 Å². The van der Waals surface area contributed by atoms with Crippen molar-refractivity contribution >= 4 is 38.2 Å². The maximum absolute atomic E-state index is 12.7. The lowest BCUT2D eigenvalue weighted by Crippen LogP contribution is -2.05. The summed E-state index contributed by atoms with van der Waals surface area (Å²) in [6.07, 6.45) is -4.42. The number of benzene rings is 1. The van der Waals surface area contributed by atoms with Gasteiger partial charge in [0.2, 0.25) is 0 Å². The molecule has 0 bridgehead atoms. The van der Waals surface area contributed by atoms with Crippen LogP contribution in [0.1, 0.15) is 16.8 Å². The van der Waals surface area contributed by atoms with Crippen LogP contribution in [-0.4, -0.2) is 4.37 Å². The Kier molecular flexibility index (Phi) is 4.01. The molecule has 1 aromatic carbocycles. The van der Waals surface area contributed by atoms with Crippen molar-refractivity contribution in [3.05, 3.63) is 39.5 Å². The van der Waals surface area contributed by atoms with Gasteiger partial charge in [-0.25, -0.2) is 0 Å². The third kappa shape index (κ3) is 2.94. The summed E-state index contributed by atoms with van der Waals surface area (Å²) in [5.74, 6) is 0. The summed E-state index contributed by atoms with van der Waals surface area (Å²) < 4.78 is 42.5. The van der Waals surface area contributed by atoms with Crippen molar-refractivity contribution in [2.45, 2.75) is 13.1 Å². The van der Waals surface area contributed by atoms with Gasteiger partial charge >= 0.3 is 6.18 Å². The molecular weight excluding hydrogens is 355 g/mol. The molecule has 0 spiro atoms. The Balaban J connectivity index is 2.41. The molecule has 0 saturated carbocycles. The molecule has 0 radical (unpaired) electrons. The predicted molar refractivity (Wildman–Crippen MR) is 74.0 cm³/mol. The zero-order valence-corrected chi connectivity index (χ0v) is 12.4. The Morgan fingerprint density at radius 2 is 2.10 bits per heavy atom. The molecule has 1 aromatic heterocycles. The van der Waals surface area contributed by atoms with E-state index in [0.29, 0.717) is 20.7 Å². The van der Waals surface area contributed by atoms with E-state index in [1.807, 2.05) is 6.07 Å². The molecule has 0 aliphatic rings. The summed E-state index contributed by atoms with van der Waals surface area (Å²) in [5, 5.41) is 12.2. The van der Waals surface area contributed by atoms with E-state index in [1.54, 1.807) is 6.92 Å². The van der Waals surface area contributed by atoms with Gasteiger partial charge in [-0.3, -0.25) is 0 Å². The zero-order chi connectivity index (χ0) is 14.9. The lowest BCUT2D eigenvalue weighted by Gasteiger charge is -2.11. The van der Waals surface area contributed by atoms with Crippen molar-refractivity contribution in [3.63, 3.8) is 0 Å². The maximum atomic E-state index is 12.7. The van der Waals surface area contributed by atoms with Crippen LogP contribution in [0.2, 0.25) is 0 Å². The standard InChI is InChI=1S/C12H7BrF3N3S/c1-6-8(5-17)11(20-19-6)18-10-4-7(12(14,15)16)2-3-9(10)13/h2-4,18H,1H3. The van der Waals surface area contributed by atoms with E-state index in [0.717, 1.165) is 23.7 Å². The number of rotatable bonds is 2. The molecular formula is C12H7BrF3N3S. The molecule has 0 amide bonds. The Hall–Kier alpha value is -1.59. The minimum Gasteiger partial charge on any atom is -0.344 e. The van der Waals surface area contributed by atoms with Crippen molar-refractivity contribution in [1.82, 2.24) is 4.37 Å². The Morgan fingerprint density at radius 3 is 2.70 bits per heavy atom. The summed E-state index contributed by atoms with van der Waals surface area (Å²) in [4.78, 5) is 0. The van der Waals surface area contributed by atoms with Crippen LogP contribution in [0.3, 0.4) is 0 Å². The minimum atomic E-state index is -4.42. The lowest BCUT2D eigenvalue weighted by molar-refractivity contribution is -0.137. The van der Waals surface area contributed by atoms with Crippen molar-refractivity contribution in [1.29, 1.82) is 5.26 Å². The first-order valence-corrected chi connectivity index (χ1v) is 6.89. The fourth-order valence-electron chi connectivity index (χ4n) is 1.51. The topological polar surface area (TPSA) is 48.7 Å². The van der Waals surface area contributed by atoms with E-state index in [4.69, 9.17) is 5.26 Å².